The molecule has 0 atom stereocenters. The first-order valence-corrected chi connectivity index (χ1v) is 10.1. The van der Waals surface area contributed by atoms with Crippen molar-refractivity contribution in [2.75, 3.05) is 51.8 Å². The summed E-state index contributed by atoms with van der Waals surface area (Å²) in [4.78, 5) is 17.1. The highest BCUT2D eigenvalue weighted by atomic mass is 32.2. The predicted molar refractivity (Wildman–Crippen MR) is 105 cm³/mol. The summed E-state index contributed by atoms with van der Waals surface area (Å²) in [5, 5.41) is 8.12. The number of carbonyl (C=O) groups excluding carboxylic acids is 1. The molecule has 0 saturated carbocycles. The number of amides is 1. The van der Waals surface area contributed by atoms with E-state index in [1.54, 1.807) is 13.2 Å². The van der Waals surface area contributed by atoms with Crippen LogP contribution in [0.4, 0.5) is 0 Å². The largest absolute Gasteiger partial charge is 0.480 e. The number of carbonyl (C=O) groups is 1. The number of methoxy groups -OCH3 is 1. The number of hydrogen-bond donors (Lipinski definition) is 0. The fourth-order valence-corrected chi connectivity index (χ4v) is 3.38. The van der Waals surface area contributed by atoms with Gasteiger partial charge < -0.3 is 9.64 Å². The Balaban J connectivity index is 1.60. The van der Waals surface area contributed by atoms with Crippen molar-refractivity contribution in [3.8, 4) is 17.1 Å². The summed E-state index contributed by atoms with van der Waals surface area (Å²) in [5.74, 6) is 1.73. The lowest BCUT2D eigenvalue weighted by atomic mass is 10.1. The third-order valence-electron chi connectivity index (χ3n) is 4.55. The number of benzene rings is 1. The van der Waals surface area contributed by atoms with E-state index in [0.29, 0.717) is 11.4 Å². The molecule has 0 unspecified atom stereocenters. The Bertz CT molecular complexity index is 713. The van der Waals surface area contributed by atoms with Crippen molar-refractivity contribution in [3.05, 3.63) is 42.0 Å². The lowest BCUT2D eigenvalue weighted by molar-refractivity contribution is 0.0644. The molecular formula is C19H24N4O2S. The molecule has 6 nitrogen and oxygen atoms in total. The van der Waals surface area contributed by atoms with Crippen molar-refractivity contribution in [2.24, 2.45) is 0 Å². The highest BCUT2D eigenvalue weighted by molar-refractivity contribution is 7.98. The molecule has 1 fully saturated rings. The third-order valence-corrected chi connectivity index (χ3v) is 5.14. The van der Waals surface area contributed by atoms with E-state index >= 15 is 0 Å². The van der Waals surface area contributed by atoms with Gasteiger partial charge in [-0.3, -0.25) is 9.69 Å². The summed E-state index contributed by atoms with van der Waals surface area (Å²) in [6, 6.07) is 11.2. The maximum atomic E-state index is 12.7. The van der Waals surface area contributed by atoms with Gasteiger partial charge in [0, 0.05) is 55.7 Å². The molecule has 7 heteroatoms. The normalized spacial score (nSPS) is 15.1. The first-order valence-electron chi connectivity index (χ1n) is 8.70. The fourth-order valence-electron chi connectivity index (χ4n) is 2.94. The van der Waals surface area contributed by atoms with Crippen LogP contribution in [0.1, 0.15) is 10.4 Å². The number of thioether (sulfide) groups is 1. The van der Waals surface area contributed by atoms with Crippen LogP contribution in [0.5, 0.6) is 5.88 Å². The van der Waals surface area contributed by atoms with E-state index in [0.717, 1.165) is 49.7 Å². The average Bonchev–Trinajstić information content (AvgIpc) is 2.72. The number of aromatic nitrogens is 2. The zero-order chi connectivity index (χ0) is 18.4. The standard InChI is InChI=1S/C19H24N4O2S/c1-25-18-8-7-17(20-21-18)15-3-5-16(6-4-15)19(24)23-11-9-22(10-12-23)13-14-26-2/h3-8H,9-14H2,1-2H3. The predicted octanol–water partition coefficient (Wildman–Crippen LogP) is 2.27. The topological polar surface area (TPSA) is 58.6 Å². The minimum Gasteiger partial charge on any atom is -0.480 e. The van der Waals surface area contributed by atoms with E-state index in [-0.39, 0.29) is 5.91 Å². The molecule has 1 aliphatic rings. The van der Waals surface area contributed by atoms with Gasteiger partial charge in [-0.2, -0.15) is 11.8 Å². The molecule has 1 aromatic carbocycles. The molecule has 0 bridgehead atoms. The summed E-state index contributed by atoms with van der Waals surface area (Å²) >= 11 is 1.86. The molecule has 3 rings (SSSR count). The van der Waals surface area contributed by atoms with Crippen molar-refractivity contribution >= 4 is 17.7 Å². The summed E-state index contributed by atoms with van der Waals surface area (Å²) in [7, 11) is 1.56. The molecule has 2 heterocycles. The maximum absolute atomic E-state index is 12.7. The average molecular weight is 372 g/mol. The summed E-state index contributed by atoms with van der Waals surface area (Å²) in [6.07, 6.45) is 2.13. The van der Waals surface area contributed by atoms with Gasteiger partial charge in [0.15, 0.2) is 0 Å². The van der Waals surface area contributed by atoms with Crippen LogP contribution in [0.25, 0.3) is 11.3 Å². The first-order chi connectivity index (χ1) is 12.7. The maximum Gasteiger partial charge on any atom is 0.253 e. The Hall–Kier alpha value is -2.12. The van der Waals surface area contributed by atoms with Gasteiger partial charge in [0.1, 0.15) is 0 Å². The van der Waals surface area contributed by atoms with E-state index in [9.17, 15) is 4.79 Å². The quantitative estimate of drug-likeness (QED) is 0.775. The Morgan fingerprint density at radius 3 is 2.38 bits per heavy atom. The molecule has 138 valence electrons. The SMILES string of the molecule is COc1ccc(-c2ccc(C(=O)N3CCN(CCSC)CC3)cc2)nn1. The minimum absolute atomic E-state index is 0.0990. The molecule has 0 spiro atoms. The van der Waals surface area contributed by atoms with Gasteiger partial charge in [0.25, 0.3) is 5.91 Å². The van der Waals surface area contributed by atoms with Crippen molar-refractivity contribution in [1.82, 2.24) is 20.0 Å². The lowest BCUT2D eigenvalue weighted by Gasteiger charge is -2.34. The molecule has 1 saturated heterocycles. The van der Waals surface area contributed by atoms with E-state index in [2.05, 4.69) is 21.4 Å². The van der Waals surface area contributed by atoms with Crippen LogP contribution < -0.4 is 4.74 Å². The van der Waals surface area contributed by atoms with Gasteiger partial charge in [0.05, 0.1) is 12.8 Å². The summed E-state index contributed by atoms with van der Waals surface area (Å²) in [5.41, 5.74) is 2.40. The number of rotatable bonds is 6. The van der Waals surface area contributed by atoms with Crippen molar-refractivity contribution in [1.29, 1.82) is 0 Å². The van der Waals surface area contributed by atoms with Gasteiger partial charge in [-0.25, -0.2) is 0 Å². The van der Waals surface area contributed by atoms with Crippen LogP contribution >= 0.6 is 11.8 Å². The monoisotopic (exact) mass is 372 g/mol. The zero-order valence-corrected chi connectivity index (χ0v) is 16.0. The minimum atomic E-state index is 0.0990. The smallest absolute Gasteiger partial charge is 0.253 e. The highest BCUT2D eigenvalue weighted by Gasteiger charge is 2.21. The number of ether oxygens (including phenoxy) is 1. The molecule has 1 amide bonds. The van der Waals surface area contributed by atoms with Gasteiger partial charge in [-0.1, -0.05) is 12.1 Å². The van der Waals surface area contributed by atoms with Gasteiger partial charge >= 0.3 is 0 Å². The second-order valence-electron chi connectivity index (χ2n) is 6.16. The van der Waals surface area contributed by atoms with Crippen molar-refractivity contribution < 1.29 is 9.53 Å². The number of piperazine rings is 1. The Morgan fingerprint density at radius 1 is 1.08 bits per heavy atom. The van der Waals surface area contributed by atoms with Crippen molar-refractivity contribution in [2.45, 2.75) is 0 Å². The Labute approximate surface area is 158 Å². The van der Waals surface area contributed by atoms with E-state index in [1.807, 2.05) is 47.0 Å². The Kier molecular flexibility index (Phi) is 6.46. The van der Waals surface area contributed by atoms with E-state index in [1.165, 1.54) is 0 Å². The molecule has 26 heavy (non-hydrogen) atoms. The third kappa shape index (κ3) is 4.53. The summed E-state index contributed by atoms with van der Waals surface area (Å²) in [6.45, 7) is 4.58. The van der Waals surface area contributed by atoms with E-state index in [4.69, 9.17) is 4.74 Å². The zero-order valence-electron chi connectivity index (χ0n) is 15.2. The first kappa shape index (κ1) is 18.7. The van der Waals surface area contributed by atoms with Crippen LogP contribution in [0.2, 0.25) is 0 Å². The van der Waals surface area contributed by atoms with E-state index < -0.39 is 0 Å². The number of nitrogens with zero attached hydrogens (tertiary/aromatic N) is 4. The molecule has 1 aromatic heterocycles. The van der Waals surface area contributed by atoms with Gasteiger partial charge in [0.2, 0.25) is 5.88 Å². The van der Waals surface area contributed by atoms with Crippen LogP contribution in [0.3, 0.4) is 0 Å². The van der Waals surface area contributed by atoms with Gasteiger partial charge in [-0.05, 0) is 24.5 Å². The number of hydrogen-bond acceptors (Lipinski definition) is 6. The van der Waals surface area contributed by atoms with Gasteiger partial charge in [-0.15, -0.1) is 10.2 Å². The summed E-state index contributed by atoms with van der Waals surface area (Å²) < 4.78 is 5.02. The van der Waals surface area contributed by atoms with Crippen LogP contribution in [0.15, 0.2) is 36.4 Å². The fraction of sp³-hybridized carbons (Fsp3) is 0.421. The molecule has 0 radical (unpaired) electrons. The van der Waals surface area contributed by atoms with Crippen LogP contribution in [-0.2, 0) is 0 Å². The molecule has 0 aliphatic carbocycles. The lowest BCUT2D eigenvalue weighted by Crippen LogP contribution is -2.49. The van der Waals surface area contributed by atoms with Crippen molar-refractivity contribution in [3.63, 3.8) is 0 Å². The molecule has 0 N–H and O–H groups in total. The Morgan fingerprint density at radius 2 is 1.81 bits per heavy atom. The molecule has 1 aliphatic heterocycles. The molecule has 2 aromatic rings. The second kappa shape index (κ2) is 9.00. The second-order valence-corrected chi connectivity index (χ2v) is 7.15. The van der Waals surface area contributed by atoms with Crippen LogP contribution in [0, 0.1) is 0 Å². The van der Waals surface area contributed by atoms with Crippen LogP contribution in [-0.4, -0.2) is 77.7 Å². The molecular weight excluding hydrogens is 348 g/mol. The highest BCUT2D eigenvalue weighted by Crippen LogP contribution is 2.19.